The summed E-state index contributed by atoms with van der Waals surface area (Å²) < 4.78 is 6.15. The van der Waals surface area contributed by atoms with Gasteiger partial charge in [0.1, 0.15) is 0 Å². The Morgan fingerprint density at radius 1 is 1.13 bits per heavy atom. The summed E-state index contributed by atoms with van der Waals surface area (Å²) in [7, 11) is 1.92. The van der Waals surface area contributed by atoms with Crippen molar-refractivity contribution in [3.05, 3.63) is 35.4 Å². The molecule has 5 rings (SSSR count). The van der Waals surface area contributed by atoms with Crippen LogP contribution in [0, 0.1) is 18.3 Å². The second-order valence-electron chi connectivity index (χ2n) is 10.00. The van der Waals surface area contributed by atoms with Crippen LogP contribution in [0.3, 0.4) is 0 Å². The van der Waals surface area contributed by atoms with E-state index in [1.807, 2.05) is 7.05 Å². The van der Waals surface area contributed by atoms with E-state index in [1.54, 1.807) is 0 Å². The lowest BCUT2D eigenvalue weighted by Gasteiger charge is -2.57. The molecule has 4 aliphatic rings. The number of hydrogen-bond donors (Lipinski definition) is 2. The normalized spacial score (nSPS) is 31.5. The predicted octanol–water partition coefficient (Wildman–Crippen LogP) is 3.47. The topological polar surface area (TPSA) is 48.9 Å². The Kier molecular flexibility index (Phi) is 5.76. The van der Waals surface area contributed by atoms with Crippen LogP contribution in [0.25, 0.3) is 0 Å². The van der Waals surface area contributed by atoms with E-state index in [0.29, 0.717) is 29.5 Å². The predicted molar refractivity (Wildman–Crippen MR) is 122 cm³/mol. The molecule has 0 aromatic heterocycles. The smallest absolute Gasteiger partial charge is 0.191 e. The maximum absolute atomic E-state index is 6.15. The number of fused-ring (bicyclic) bond motifs is 2. The average molecular weight is 411 g/mol. The van der Waals surface area contributed by atoms with E-state index in [9.17, 15) is 0 Å². The number of nitrogens with one attached hydrogen (secondary N) is 2. The number of rotatable bonds is 4. The Morgan fingerprint density at radius 2 is 1.90 bits per heavy atom. The van der Waals surface area contributed by atoms with Gasteiger partial charge in [-0.25, -0.2) is 0 Å². The fraction of sp³-hybridized carbons (Fsp3) is 0.720. The third kappa shape index (κ3) is 3.64. The molecular formula is C25H38N4O. The van der Waals surface area contributed by atoms with Crippen molar-refractivity contribution in [3.63, 3.8) is 0 Å². The minimum atomic E-state index is 0.371. The van der Waals surface area contributed by atoms with Gasteiger partial charge in [0.05, 0.1) is 6.10 Å². The molecule has 30 heavy (non-hydrogen) atoms. The minimum absolute atomic E-state index is 0.371. The summed E-state index contributed by atoms with van der Waals surface area (Å²) in [5.41, 5.74) is 3.23. The molecule has 2 N–H and O–H groups in total. The number of piperidine rings is 1. The van der Waals surface area contributed by atoms with Crippen molar-refractivity contribution in [2.75, 3.05) is 26.7 Å². The summed E-state index contributed by atoms with van der Waals surface area (Å²) in [4.78, 5) is 7.20. The Balaban J connectivity index is 1.14. The third-order valence-electron chi connectivity index (χ3n) is 8.39. The second kappa shape index (κ2) is 8.51. The molecule has 1 aromatic rings. The van der Waals surface area contributed by atoms with Crippen LogP contribution in [0.15, 0.2) is 29.3 Å². The molecule has 4 fully saturated rings. The number of hydrogen-bond acceptors (Lipinski definition) is 3. The highest BCUT2D eigenvalue weighted by Crippen LogP contribution is 2.60. The van der Waals surface area contributed by atoms with E-state index in [0.717, 1.165) is 32.2 Å². The zero-order chi connectivity index (χ0) is 20.6. The molecule has 0 amide bonds. The van der Waals surface area contributed by atoms with Crippen molar-refractivity contribution < 1.29 is 4.74 Å². The molecule has 3 atom stereocenters. The number of nitrogens with zero attached hydrogens (tertiary/aromatic N) is 2. The molecular weight excluding hydrogens is 372 g/mol. The molecule has 5 nitrogen and oxygen atoms in total. The van der Waals surface area contributed by atoms with Crippen LogP contribution in [0.1, 0.15) is 56.1 Å². The zero-order valence-electron chi connectivity index (χ0n) is 18.7. The summed E-state index contributed by atoms with van der Waals surface area (Å²) in [6.07, 6.45) is 9.42. The van der Waals surface area contributed by atoms with E-state index >= 15 is 0 Å². The molecule has 3 unspecified atom stereocenters. The van der Waals surface area contributed by atoms with Gasteiger partial charge in [0.2, 0.25) is 0 Å². The van der Waals surface area contributed by atoms with Crippen LogP contribution in [-0.4, -0.2) is 55.8 Å². The van der Waals surface area contributed by atoms with Crippen molar-refractivity contribution in [1.82, 2.24) is 15.5 Å². The number of benzene rings is 1. The number of aliphatic imine (C=N–C) groups is 1. The van der Waals surface area contributed by atoms with Crippen LogP contribution < -0.4 is 10.6 Å². The monoisotopic (exact) mass is 410 g/mol. The van der Waals surface area contributed by atoms with Crippen LogP contribution >= 0.6 is 0 Å². The van der Waals surface area contributed by atoms with E-state index in [1.165, 1.54) is 56.1 Å². The van der Waals surface area contributed by atoms with Crippen LogP contribution in [0.2, 0.25) is 0 Å². The van der Waals surface area contributed by atoms with Gasteiger partial charge in [0.15, 0.2) is 5.96 Å². The SMILES string of the molecule is CN=C(NC1CCN(Cc2ccccc2C)CC1)NC1C2CCOC2C12CCCC2. The Bertz CT molecular complexity index is 764. The van der Waals surface area contributed by atoms with Crippen molar-refractivity contribution in [3.8, 4) is 0 Å². The molecule has 0 bridgehead atoms. The first-order chi connectivity index (χ1) is 14.7. The molecule has 1 aromatic carbocycles. The number of guanidine groups is 1. The van der Waals surface area contributed by atoms with Gasteiger partial charge in [0, 0.05) is 56.7 Å². The largest absolute Gasteiger partial charge is 0.377 e. The van der Waals surface area contributed by atoms with Crippen LogP contribution in [-0.2, 0) is 11.3 Å². The van der Waals surface area contributed by atoms with Gasteiger partial charge in [-0.15, -0.1) is 0 Å². The number of likely N-dealkylation sites (tertiary alicyclic amines) is 1. The van der Waals surface area contributed by atoms with Gasteiger partial charge in [-0.05, 0) is 50.2 Å². The highest BCUT2D eigenvalue weighted by atomic mass is 16.5. The lowest BCUT2D eigenvalue weighted by atomic mass is 9.54. The van der Waals surface area contributed by atoms with Crippen molar-refractivity contribution in [2.24, 2.45) is 16.3 Å². The Hall–Kier alpha value is -1.59. The van der Waals surface area contributed by atoms with Crippen molar-refractivity contribution in [1.29, 1.82) is 0 Å². The van der Waals surface area contributed by atoms with Crippen LogP contribution in [0.4, 0.5) is 0 Å². The van der Waals surface area contributed by atoms with Gasteiger partial charge in [-0.1, -0.05) is 37.1 Å². The molecule has 1 spiro atoms. The first-order valence-corrected chi connectivity index (χ1v) is 12.1. The Morgan fingerprint density at radius 3 is 2.63 bits per heavy atom. The summed E-state index contributed by atoms with van der Waals surface area (Å²) in [6, 6.07) is 9.83. The van der Waals surface area contributed by atoms with E-state index < -0.39 is 0 Å². The van der Waals surface area contributed by atoms with E-state index in [2.05, 4.69) is 51.7 Å². The first-order valence-electron chi connectivity index (χ1n) is 12.1. The molecule has 2 aliphatic carbocycles. The van der Waals surface area contributed by atoms with Gasteiger partial charge < -0.3 is 15.4 Å². The van der Waals surface area contributed by atoms with Crippen molar-refractivity contribution in [2.45, 2.75) is 76.6 Å². The fourth-order valence-electron chi connectivity index (χ4n) is 6.68. The first kappa shape index (κ1) is 20.3. The summed E-state index contributed by atoms with van der Waals surface area (Å²) in [6.45, 7) is 6.53. The maximum atomic E-state index is 6.15. The maximum Gasteiger partial charge on any atom is 0.191 e. The quantitative estimate of drug-likeness (QED) is 0.589. The summed E-state index contributed by atoms with van der Waals surface area (Å²) in [5.74, 6) is 1.69. The standard InChI is InChI=1S/C25H38N4O/c1-18-7-3-4-8-19(18)17-29-14-9-20(10-15-29)27-24(26-2)28-22-21-11-16-30-23(21)25(22)12-5-6-13-25/h3-4,7-8,20-23H,5-6,9-17H2,1-2H3,(H2,26,27,28). The highest BCUT2D eigenvalue weighted by Gasteiger charge is 2.65. The molecule has 2 heterocycles. The van der Waals surface area contributed by atoms with Crippen LogP contribution in [0.5, 0.6) is 0 Å². The van der Waals surface area contributed by atoms with E-state index in [-0.39, 0.29) is 0 Å². The van der Waals surface area contributed by atoms with Gasteiger partial charge in [-0.3, -0.25) is 9.89 Å². The Labute approximate surface area is 181 Å². The zero-order valence-corrected chi connectivity index (χ0v) is 18.7. The van der Waals surface area contributed by atoms with E-state index in [4.69, 9.17) is 4.74 Å². The minimum Gasteiger partial charge on any atom is -0.377 e. The number of aryl methyl sites for hydroxylation is 1. The van der Waals surface area contributed by atoms with Gasteiger partial charge in [0.25, 0.3) is 0 Å². The molecule has 164 valence electrons. The molecule has 2 saturated heterocycles. The van der Waals surface area contributed by atoms with Gasteiger partial charge in [-0.2, -0.15) is 0 Å². The lowest BCUT2D eigenvalue weighted by Crippen LogP contribution is -2.69. The van der Waals surface area contributed by atoms with Crippen molar-refractivity contribution >= 4 is 5.96 Å². The summed E-state index contributed by atoms with van der Waals surface area (Å²) >= 11 is 0. The molecule has 2 saturated carbocycles. The molecule has 2 aliphatic heterocycles. The molecule has 5 heteroatoms. The average Bonchev–Trinajstić information content (AvgIpc) is 3.43. The third-order valence-corrected chi connectivity index (χ3v) is 8.39. The highest BCUT2D eigenvalue weighted by molar-refractivity contribution is 5.80. The number of ether oxygens (including phenoxy) is 1. The fourth-order valence-corrected chi connectivity index (χ4v) is 6.68. The molecule has 0 radical (unpaired) electrons. The van der Waals surface area contributed by atoms with Gasteiger partial charge >= 0.3 is 0 Å². The lowest BCUT2D eigenvalue weighted by molar-refractivity contribution is -0.125. The second-order valence-corrected chi connectivity index (χ2v) is 10.00. The summed E-state index contributed by atoms with van der Waals surface area (Å²) in [5, 5.41) is 7.62.